The second-order valence-electron chi connectivity index (χ2n) is 5.85. The summed E-state index contributed by atoms with van der Waals surface area (Å²) in [5.41, 5.74) is 3.06. The minimum absolute atomic E-state index is 0.0240. The third-order valence-corrected chi connectivity index (χ3v) is 4.22. The van der Waals surface area contributed by atoms with Gasteiger partial charge >= 0.3 is 0 Å². The summed E-state index contributed by atoms with van der Waals surface area (Å²) < 4.78 is 7.15. The van der Waals surface area contributed by atoms with Gasteiger partial charge in [0.05, 0.1) is 11.4 Å². The summed E-state index contributed by atoms with van der Waals surface area (Å²) in [4.78, 5) is 30.4. The summed E-state index contributed by atoms with van der Waals surface area (Å²) in [7, 11) is 1.68. The van der Waals surface area contributed by atoms with Gasteiger partial charge in [-0.2, -0.15) is 0 Å². The molecule has 3 heterocycles. The number of imidazole rings is 1. The fraction of sp³-hybridized carbons (Fsp3) is 0.167. The molecule has 1 N–H and O–H groups in total. The van der Waals surface area contributed by atoms with E-state index in [2.05, 4.69) is 10.3 Å². The molecule has 7 nitrogen and oxygen atoms in total. The number of hydrogen-bond donors (Lipinski definition) is 1. The summed E-state index contributed by atoms with van der Waals surface area (Å²) in [6.45, 7) is 1.82. The van der Waals surface area contributed by atoms with Gasteiger partial charge in [-0.15, -0.1) is 0 Å². The third kappa shape index (κ3) is 2.50. The molecule has 1 aromatic carbocycles. The van der Waals surface area contributed by atoms with Crippen molar-refractivity contribution in [1.29, 1.82) is 0 Å². The van der Waals surface area contributed by atoms with Gasteiger partial charge in [0.25, 0.3) is 11.8 Å². The lowest BCUT2D eigenvalue weighted by atomic mass is 10.2. The minimum atomic E-state index is -0.262. The molecule has 2 aromatic heterocycles. The number of nitrogens with zero attached hydrogens (tertiary/aromatic N) is 3. The molecule has 2 amide bonds. The first kappa shape index (κ1) is 15.2. The quantitative estimate of drug-likeness (QED) is 0.779. The molecule has 0 unspecified atom stereocenters. The topological polar surface area (TPSA) is 75.9 Å². The number of hydrogen-bond acceptors (Lipinski definition) is 4. The normalized spacial score (nSPS) is 13.5. The smallest absolute Gasteiger partial charge is 0.274 e. The standard InChI is InChI=1S/C18H16N4O3/c1-11-17(22-8-4-3-5-15(22)19-11)18(24)20-12-6-7-14-13(9-12)21(2)16(23)10-25-14/h3-9H,10H2,1-2H3,(H,20,24). The van der Waals surface area contributed by atoms with Gasteiger partial charge in [-0.3, -0.25) is 14.0 Å². The van der Waals surface area contributed by atoms with E-state index in [1.54, 1.807) is 42.8 Å². The van der Waals surface area contributed by atoms with Gasteiger partial charge in [0.2, 0.25) is 0 Å². The summed E-state index contributed by atoms with van der Waals surface area (Å²) in [5, 5.41) is 2.87. The van der Waals surface area contributed by atoms with Crippen molar-refractivity contribution in [2.24, 2.45) is 0 Å². The van der Waals surface area contributed by atoms with E-state index in [1.807, 2.05) is 18.2 Å². The molecular weight excluding hydrogens is 320 g/mol. The van der Waals surface area contributed by atoms with Gasteiger partial charge in [0.1, 0.15) is 17.1 Å². The van der Waals surface area contributed by atoms with Crippen LogP contribution in [0, 0.1) is 6.92 Å². The van der Waals surface area contributed by atoms with Crippen LogP contribution in [0.1, 0.15) is 16.2 Å². The first-order valence-corrected chi connectivity index (χ1v) is 7.83. The van der Waals surface area contributed by atoms with Crippen molar-refractivity contribution >= 4 is 28.8 Å². The maximum Gasteiger partial charge on any atom is 0.274 e. The number of anilines is 2. The van der Waals surface area contributed by atoms with Crippen molar-refractivity contribution < 1.29 is 14.3 Å². The van der Waals surface area contributed by atoms with Crippen LogP contribution in [0.5, 0.6) is 5.75 Å². The van der Waals surface area contributed by atoms with Crippen molar-refractivity contribution in [2.75, 3.05) is 23.9 Å². The fourth-order valence-corrected chi connectivity index (χ4v) is 2.93. The van der Waals surface area contributed by atoms with E-state index in [4.69, 9.17) is 4.74 Å². The average Bonchev–Trinajstić information content (AvgIpc) is 2.94. The van der Waals surface area contributed by atoms with Crippen LogP contribution < -0.4 is 15.0 Å². The SMILES string of the molecule is Cc1nc2ccccn2c1C(=O)Nc1ccc2c(c1)N(C)C(=O)CO2. The molecule has 0 atom stereocenters. The summed E-state index contributed by atoms with van der Waals surface area (Å²) in [5.74, 6) is 0.224. The van der Waals surface area contributed by atoms with Crippen LogP contribution in [0.4, 0.5) is 11.4 Å². The first-order chi connectivity index (χ1) is 12.0. The third-order valence-electron chi connectivity index (χ3n) is 4.22. The number of amides is 2. The van der Waals surface area contributed by atoms with Crippen LogP contribution in [0.3, 0.4) is 0 Å². The zero-order valence-corrected chi connectivity index (χ0v) is 13.8. The Labute approximate surface area is 143 Å². The lowest BCUT2D eigenvalue weighted by molar-refractivity contribution is -0.120. The zero-order valence-electron chi connectivity index (χ0n) is 13.8. The van der Waals surface area contributed by atoms with E-state index in [1.165, 1.54) is 4.90 Å². The number of fused-ring (bicyclic) bond motifs is 2. The molecule has 0 aliphatic carbocycles. The molecule has 0 bridgehead atoms. The lowest BCUT2D eigenvalue weighted by Gasteiger charge is -2.26. The molecule has 1 aliphatic heterocycles. The van der Waals surface area contributed by atoms with E-state index >= 15 is 0 Å². The summed E-state index contributed by atoms with van der Waals surface area (Å²) in [6.07, 6.45) is 1.80. The highest BCUT2D eigenvalue weighted by molar-refractivity contribution is 6.05. The van der Waals surface area contributed by atoms with Crippen molar-refractivity contribution in [3.05, 3.63) is 54.0 Å². The minimum Gasteiger partial charge on any atom is -0.482 e. The molecule has 0 saturated carbocycles. The van der Waals surface area contributed by atoms with Crippen LogP contribution in [-0.4, -0.2) is 34.9 Å². The molecule has 126 valence electrons. The number of nitrogens with one attached hydrogen (secondary N) is 1. The molecule has 7 heteroatoms. The van der Waals surface area contributed by atoms with E-state index in [0.29, 0.717) is 34.2 Å². The zero-order chi connectivity index (χ0) is 17.6. The Morgan fingerprint density at radius 1 is 1.28 bits per heavy atom. The van der Waals surface area contributed by atoms with Crippen LogP contribution in [0.2, 0.25) is 0 Å². The molecule has 0 saturated heterocycles. The number of ether oxygens (including phenoxy) is 1. The van der Waals surface area contributed by atoms with Crippen LogP contribution >= 0.6 is 0 Å². The number of rotatable bonds is 2. The summed E-state index contributed by atoms with van der Waals surface area (Å²) >= 11 is 0. The Morgan fingerprint density at radius 2 is 2.12 bits per heavy atom. The van der Waals surface area contributed by atoms with Crippen LogP contribution in [-0.2, 0) is 4.79 Å². The van der Waals surface area contributed by atoms with Gasteiger partial charge in [-0.1, -0.05) is 6.07 Å². The van der Waals surface area contributed by atoms with Gasteiger partial charge < -0.3 is 15.0 Å². The van der Waals surface area contributed by atoms with E-state index in [-0.39, 0.29) is 18.4 Å². The molecule has 0 fully saturated rings. The number of aromatic nitrogens is 2. The van der Waals surface area contributed by atoms with Crippen molar-refractivity contribution in [2.45, 2.75) is 6.92 Å². The van der Waals surface area contributed by atoms with Crippen molar-refractivity contribution in [1.82, 2.24) is 9.38 Å². The van der Waals surface area contributed by atoms with Gasteiger partial charge in [-0.05, 0) is 37.3 Å². The molecule has 25 heavy (non-hydrogen) atoms. The molecule has 1 aliphatic rings. The Kier molecular flexibility index (Phi) is 3.42. The van der Waals surface area contributed by atoms with Gasteiger partial charge in [-0.25, -0.2) is 4.98 Å². The number of aryl methyl sites for hydroxylation is 1. The predicted octanol–water partition coefficient (Wildman–Crippen LogP) is 2.25. The fourth-order valence-electron chi connectivity index (χ4n) is 2.93. The molecular formula is C18H16N4O3. The van der Waals surface area contributed by atoms with Crippen LogP contribution in [0.15, 0.2) is 42.6 Å². The van der Waals surface area contributed by atoms with E-state index in [9.17, 15) is 9.59 Å². The molecule has 0 radical (unpaired) electrons. The first-order valence-electron chi connectivity index (χ1n) is 7.83. The Hall–Kier alpha value is -3.35. The Bertz CT molecular complexity index is 1010. The predicted molar refractivity (Wildman–Crippen MR) is 93.2 cm³/mol. The number of carbonyl (C=O) groups is 2. The lowest BCUT2D eigenvalue weighted by Crippen LogP contribution is -2.35. The van der Waals surface area contributed by atoms with Crippen molar-refractivity contribution in [3.8, 4) is 5.75 Å². The maximum atomic E-state index is 12.7. The van der Waals surface area contributed by atoms with Gasteiger partial charge in [0, 0.05) is 18.9 Å². The number of likely N-dealkylation sites (N-methyl/N-ethyl adjacent to an activating group) is 1. The highest BCUT2D eigenvalue weighted by Gasteiger charge is 2.23. The van der Waals surface area contributed by atoms with E-state index in [0.717, 1.165) is 0 Å². The Morgan fingerprint density at radius 3 is 2.96 bits per heavy atom. The molecule has 3 aromatic rings. The highest BCUT2D eigenvalue weighted by atomic mass is 16.5. The number of carbonyl (C=O) groups excluding carboxylic acids is 2. The number of pyridine rings is 1. The highest BCUT2D eigenvalue weighted by Crippen LogP contribution is 2.33. The van der Waals surface area contributed by atoms with Crippen LogP contribution in [0.25, 0.3) is 5.65 Å². The Balaban J connectivity index is 1.67. The monoisotopic (exact) mass is 336 g/mol. The molecule has 0 spiro atoms. The second-order valence-corrected chi connectivity index (χ2v) is 5.85. The van der Waals surface area contributed by atoms with E-state index < -0.39 is 0 Å². The second kappa shape index (κ2) is 5.62. The summed E-state index contributed by atoms with van der Waals surface area (Å²) in [6, 6.07) is 10.8. The number of benzene rings is 1. The van der Waals surface area contributed by atoms with Gasteiger partial charge in [0.15, 0.2) is 6.61 Å². The van der Waals surface area contributed by atoms with Crippen molar-refractivity contribution in [3.63, 3.8) is 0 Å². The average molecular weight is 336 g/mol. The largest absolute Gasteiger partial charge is 0.482 e. The molecule has 4 rings (SSSR count). The maximum absolute atomic E-state index is 12.7.